The maximum absolute atomic E-state index is 12.1. The molecule has 1 N–H and O–H groups in total. The lowest BCUT2D eigenvalue weighted by atomic mass is 10.2. The van der Waals surface area contributed by atoms with Gasteiger partial charge < -0.3 is 10.1 Å². The number of ether oxygens (including phenoxy) is 1. The van der Waals surface area contributed by atoms with Crippen molar-refractivity contribution in [2.24, 2.45) is 5.92 Å². The zero-order valence-electron chi connectivity index (χ0n) is 12.0. The van der Waals surface area contributed by atoms with Crippen LogP contribution < -0.4 is 10.1 Å². The van der Waals surface area contributed by atoms with Crippen LogP contribution in [0.3, 0.4) is 0 Å². The minimum absolute atomic E-state index is 0.252. The van der Waals surface area contributed by atoms with Gasteiger partial charge in [-0.2, -0.15) is 0 Å². The lowest BCUT2D eigenvalue weighted by Crippen LogP contribution is -2.13. The summed E-state index contributed by atoms with van der Waals surface area (Å²) in [7, 11) is 0. The summed E-state index contributed by atoms with van der Waals surface area (Å²) in [5.74, 6) is 0.940. The van der Waals surface area contributed by atoms with E-state index >= 15 is 0 Å². The van der Waals surface area contributed by atoms with Crippen molar-refractivity contribution in [3.05, 3.63) is 52.8 Å². The van der Waals surface area contributed by atoms with E-state index in [1.807, 2.05) is 18.2 Å². The molecule has 4 nitrogen and oxygen atoms in total. The fraction of sp³-hybridized carbons (Fsp3) is 0.250. The van der Waals surface area contributed by atoms with Crippen LogP contribution in [0.25, 0.3) is 0 Å². The van der Waals surface area contributed by atoms with Crippen molar-refractivity contribution in [1.82, 2.24) is 4.98 Å². The number of hydrogen-bond acceptors (Lipinski definition) is 3. The van der Waals surface area contributed by atoms with E-state index in [1.165, 1.54) is 0 Å². The topological polar surface area (TPSA) is 51.2 Å². The van der Waals surface area contributed by atoms with Crippen molar-refractivity contribution in [1.29, 1.82) is 0 Å². The van der Waals surface area contributed by atoms with Crippen molar-refractivity contribution in [3.63, 3.8) is 0 Å². The Labute approximate surface area is 132 Å². The molecule has 1 amide bonds. The van der Waals surface area contributed by atoms with Crippen molar-refractivity contribution in [3.8, 4) is 5.75 Å². The average molecular weight is 349 g/mol. The molecule has 1 heterocycles. The zero-order chi connectivity index (χ0) is 15.2. The van der Waals surface area contributed by atoms with Crippen molar-refractivity contribution in [2.45, 2.75) is 13.8 Å². The van der Waals surface area contributed by atoms with Crippen LogP contribution in [0.1, 0.15) is 24.3 Å². The summed E-state index contributed by atoms with van der Waals surface area (Å²) >= 11 is 3.25. The first-order valence-electron chi connectivity index (χ1n) is 6.71. The van der Waals surface area contributed by atoms with Crippen molar-refractivity contribution in [2.75, 3.05) is 11.9 Å². The van der Waals surface area contributed by atoms with Crippen LogP contribution in [-0.2, 0) is 0 Å². The maximum atomic E-state index is 12.1. The number of halogens is 1. The number of aromatic nitrogens is 1. The highest BCUT2D eigenvalue weighted by Gasteiger charge is 2.08. The fourth-order valence-corrected chi connectivity index (χ4v) is 2.00. The van der Waals surface area contributed by atoms with Crippen LogP contribution in [0, 0.1) is 5.92 Å². The lowest BCUT2D eigenvalue weighted by Gasteiger charge is -2.10. The van der Waals surface area contributed by atoms with E-state index < -0.39 is 0 Å². The minimum atomic E-state index is -0.252. The smallest absolute Gasteiger partial charge is 0.274 e. The molecule has 0 atom stereocenters. The van der Waals surface area contributed by atoms with Crippen LogP contribution in [-0.4, -0.2) is 17.5 Å². The lowest BCUT2D eigenvalue weighted by molar-refractivity contribution is 0.102. The number of carbonyl (C=O) groups excluding carboxylic acids is 1. The zero-order valence-corrected chi connectivity index (χ0v) is 13.6. The molecule has 0 aliphatic carbocycles. The second-order valence-electron chi connectivity index (χ2n) is 5.03. The van der Waals surface area contributed by atoms with Crippen LogP contribution in [0.4, 0.5) is 5.69 Å². The quantitative estimate of drug-likeness (QED) is 0.826. The fourth-order valence-electron chi connectivity index (χ4n) is 1.66. The monoisotopic (exact) mass is 348 g/mol. The Morgan fingerprint density at radius 3 is 2.76 bits per heavy atom. The predicted octanol–water partition coefficient (Wildman–Crippen LogP) is 4.13. The number of carbonyl (C=O) groups is 1. The Kier molecular flexibility index (Phi) is 5.33. The van der Waals surface area contributed by atoms with Crippen LogP contribution in [0.15, 0.2) is 47.1 Å². The van der Waals surface area contributed by atoms with E-state index in [0.29, 0.717) is 28.5 Å². The molecule has 5 heteroatoms. The molecule has 1 aromatic heterocycles. The van der Waals surface area contributed by atoms with E-state index in [0.717, 1.165) is 5.75 Å². The van der Waals surface area contributed by atoms with Gasteiger partial charge in [0.05, 0.1) is 6.61 Å². The molecule has 0 aliphatic heterocycles. The molecule has 1 aromatic carbocycles. The summed E-state index contributed by atoms with van der Waals surface area (Å²) in [5, 5.41) is 2.81. The number of nitrogens with one attached hydrogen (secondary N) is 1. The molecule has 0 unspecified atom stereocenters. The average Bonchev–Trinajstić information content (AvgIpc) is 2.45. The third-order valence-electron chi connectivity index (χ3n) is 2.62. The molecule has 2 rings (SSSR count). The molecule has 110 valence electrons. The van der Waals surface area contributed by atoms with E-state index in [4.69, 9.17) is 4.74 Å². The molecule has 0 spiro atoms. The number of nitrogens with zero attached hydrogens (tertiary/aromatic N) is 1. The van der Waals surface area contributed by atoms with Crippen LogP contribution >= 0.6 is 15.9 Å². The Hall–Kier alpha value is -1.88. The van der Waals surface area contributed by atoms with E-state index in [-0.39, 0.29) is 5.91 Å². The molecule has 0 fully saturated rings. The van der Waals surface area contributed by atoms with Gasteiger partial charge in [-0.25, -0.2) is 4.98 Å². The second kappa shape index (κ2) is 7.22. The van der Waals surface area contributed by atoms with Gasteiger partial charge in [-0.05, 0) is 46.1 Å². The predicted molar refractivity (Wildman–Crippen MR) is 86.7 cm³/mol. The van der Waals surface area contributed by atoms with E-state index in [1.54, 1.807) is 24.3 Å². The third kappa shape index (κ3) is 4.86. The van der Waals surface area contributed by atoms with Crippen LogP contribution in [0.5, 0.6) is 5.75 Å². The molecule has 0 aliphatic rings. The van der Waals surface area contributed by atoms with Gasteiger partial charge in [0, 0.05) is 11.8 Å². The Morgan fingerprint density at radius 1 is 1.29 bits per heavy atom. The largest absolute Gasteiger partial charge is 0.493 e. The number of pyridine rings is 1. The highest BCUT2D eigenvalue weighted by molar-refractivity contribution is 9.10. The summed E-state index contributed by atoms with van der Waals surface area (Å²) in [4.78, 5) is 16.2. The SMILES string of the molecule is CC(C)COc1cccc(NC(=O)c2cccc(Br)n2)c1. The number of anilines is 1. The molecular weight excluding hydrogens is 332 g/mol. The standard InChI is InChI=1S/C16H17BrN2O2/c1-11(2)10-21-13-6-3-5-12(9-13)18-16(20)14-7-4-8-15(17)19-14/h3-9,11H,10H2,1-2H3,(H,18,20). The molecule has 0 saturated heterocycles. The first-order chi connectivity index (χ1) is 10.0. The van der Waals surface area contributed by atoms with Gasteiger partial charge in [0.1, 0.15) is 16.0 Å². The number of hydrogen-bond donors (Lipinski definition) is 1. The maximum Gasteiger partial charge on any atom is 0.274 e. The van der Waals surface area contributed by atoms with Gasteiger partial charge >= 0.3 is 0 Å². The Bertz CT molecular complexity index is 629. The van der Waals surface area contributed by atoms with Gasteiger partial charge in [0.15, 0.2) is 0 Å². The van der Waals surface area contributed by atoms with Gasteiger partial charge in [-0.3, -0.25) is 4.79 Å². The second-order valence-corrected chi connectivity index (χ2v) is 5.84. The van der Waals surface area contributed by atoms with Crippen molar-refractivity contribution >= 4 is 27.5 Å². The highest BCUT2D eigenvalue weighted by atomic mass is 79.9. The minimum Gasteiger partial charge on any atom is -0.493 e. The first kappa shape index (κ1) is 15.5. The Balaban J connectivity index is 2.05. The van der Waals surface area contributed by atoms with Gasteiger partial charge in [-0.15, -0.1) is 0 Å². The van der Waals surface area contributed by atoms with Gasteiger partial charge in [-0.1, -0.05) is 26.0 Å². The molecule has 2 aromatic rings. The molecular formula is C16H17BrN2O2. The van der Waals surface area contributed by atoms with Crippen LogP contribution in [0.2, 0.25) is 0 Å². The number of rotatable bonds is 5. The van der Waals surface area contributed by atoms with Gasteiger partial charge in [0.2, 0.25) is 0 Å². The molecule has 21 heavy (non-hydrogen) atoms. The summed E-state index contributed by atoms with van der Waals surface area (Å²) in [5.41, 5.74) is 1.04. The Morgan fingerprint density at radius 2 is 2.05 bits per heavy atom. The summed E-state index contributed by atoms with van der Waals surface area (Å²) < 4.78 is 6.27. The highest BCUT2D eigenvalue weighted by Crippen LogP contribution is 2.19. The summed E-state index contributed by atoms with van der Waals surface area (Å²) in [6.07, 6.45) is 0. The third-order valence-corrected chi connectivity index (χ3v) is 3.06. The number of benzene rings is 1. The number of amides is 1. The molecule has 0 saturated carbocycles. The van der Waals surface area contributed by atoms with Gasteiger partial charge in [0.25, 0.3) is 5.91 Å². The normalized spacial score (nSPS) is 10.5. The van der Waals surface area contributed by atoms with E-state index in [2.05, 4.69) is 40.1 Å². The summed E-state index contributed by atoms with van der Waals surface area (Å²) in [6, 6.07) is 12.6. The summed E-state index contributed by atoms with van der Waals surface area (Å²) in [6.45, 7) is 4.82. The molecule has 0 radical (unpaired) electrons. The van der Waals surface area contributed by atoms with E-state index in [9.17, 15) is 4.79 Å². The molecule has 0 bridgehead atoms. The van der Waals surface area contributed by atoms with Crippen molar-refractivity contribution < 1.29 is 9.53 Å². The first-order valence-corrected chi connectivity index (χ1v) is 7.50.